The van der Waals surface area contributed by atoms with Crippen molar-refractivity contribution in [3.8, 4) is 0 Å². The van der Waals surface area contributed by atoms with Crippen molar-refractivity contribution in [2.24, 2.45) is 0 Å². The summed E-state index contributed by atoms with van der Waals surface area (Å²) >= 11 is 2.95. The maximum atomic E-state index is 12.1. The first-order chi connectivity index (χ1) is 9.84. The van der Waals surface area contributed by atoms with Crippen LogP contribution in [0.2, 0.25) is 0 Å². The van der Waals surface area contributed by atoms with E-state index in [-0.39, 0.29) is 21.4 Å². The summed E-state index contributed by atoms with van der Waals surface area (Å²) in [4.78, 5) is 14.2. The zero-order chi connectivity index (χ0) is 15.2. The van der Waals surface area contributed by atoms with Gasteiger partial charge >= 0.3 is 0 Å². The Kier molecular flexibility index (Phi) is 4.06. The number of hydrogen-bond acceptors (Lipinski definition) is 5. The van der Waals surface area contributed by atoms with Gasteiger partial charge in [0, 0.05) is 41.9 Å². The minimum absolute atomic E-state index is 0.0614. The lowest BCUT2D eigenvalue weighted by Gasteiger charge is -2.15. The van der Waals surface area contributed by atoms with Gasteiger partial charge in [0.05, 0.1) is 0 Å². The predicted octanol–water partition coefficient (Wildman–Crippen LogP) is 1.94. The molecule has 2 heterocycles. The van der Waals surface area contributed by atoms with Gasteiger partial charge in [-0.2, -0.15) is 0 Å². The molecule has 9 heteroatoms. The van der Waals surface area contributed by atoms with Crippen molar-refractivity contribution in [3.63, 3.8) is 0 Å². The van der Waals surface area contributed by atoms with Gasteiger partial charge in [-0.1, -0.05) is 0 Å². The van der Waals surface area contributed by atoms with Crippen LogP contribution < -0.4 is 5.32 Å². The summed E-state index contributed by atoms with van der Waals surface area (Å²) < 4.78 is 27.7. The molecule has 2 aliphatic rings. The summed E-state index contributed by atoms with van der Waals surface area (Å²) in [6.45, 7) is 1.82. The predicted molar refractivity (Wildman–Crippen MR) is 79.9 cm³/mol. The summed E-state index contributed by atoms with van der Waals surface area (Å²) in [5.74, 6) is -0.490. The molecule has 0 radical (unpaired) electrons. The first-order valence-electron chi connectivity index (χ1n) is 6.63. The minimum atomic E-state index is -3.94. The number of nitrogens with zero attached hydrogens (tertiary/aromatic N) is 1. The number of amides is 1. The molecule has 1 saturated heterocycles. The van der Waals surface area contributed by atoms with Crippen LogP contribution in [0, 0.1) is 0 Å². The van der Waals surface area contributed by atoms with E-state index >= 15 is 0 Å². The molecule has 1 aliphatic heterocycles. The van der Waals surface area contributed by atoms with Crippen LogP contribution in [0.25, 0.3) is 0 Å². The Morgan fingerprint density at radius 1 is 1.43 bits per heavy atom. The van der Waals surface area contributed by atoms with Crippen molar-refractivity contribution in [2.75, 3.05) is 13.1 Å². The maximum absolute atomic E-state index is 12.1. The van der Waals surface area contributed by atoms with Crippen molar-refractivity contribution in [1.29, 1.82) is 0 Å². The first kappa shape index (κ1) is 15.3. The molecule has 116 valence electrons. The molecule has 3 rings (SSSR count). The Hall–Kier alpha value is -0.570. The third-order valence-electron chi connectivity index (χ3n) is 3.76. The Morgan fingerprint density at radius 2 is 2.14 bits per heavy atom. The van der Waals surface area contributed by atoms with E-state index in [0.717, 1.165) is 25.6 Å². The standard InChI is InChI=1S/C12H14BrClN2O4S/c13-11-10(21(14,18)19)5-9(20-11)12(17)15-7-3-4-16(6-7)8-1-2-8/h5,7-8H,1-4,6H2,(H,15,17). The van der Waals surface area contributed by atoms with Crippen LogP contribution in [-0.2, 0) is 9.05 Å². The molecule has 21 heavy (non-hydrogen) atoms. The molecule has 1 aromatic heterocycles. The van der Waals surface area contributed by atoms with E-state index in [1.54, 1.807) is 0 Å². The monoisotopic (exact) mass is 396 g/mol. The largest absolute Gasteiger partial charge is 0.443 e. The smallest absolute Gasteiger partial charge is 0.287 e. The minimum Gasteiger partial charge on any atom is -0.443 e. The van der Waals surface area contributed by atoms with E-state index in [4.69, 9.17) is 15.1 Å². The molecule has 2 fully saturated rings. The third-order valence-corrected chi connectivity index (χ3v) is 5.94. The van der Waals surface area contributed by atoms with Gasteiger partial charge < -0.3 is 9.73 Å². The van der Waals surface area contributed by atoms with Crippen LogP contribution in [0.15, 0.2) is 20.0 Å². The van der Waals surface area contributed by atoms with Crippen molar-refractivity contribution in [3.05, 3.63) is 16.5 Å². The number of nitrogens with one attached hydrogen (secondary N) is 1. The third kappa shape index (κ3) is 3.44. The van der Waals surface area contributed by atoms with E-state index in [2.05, 4.69) is 26.1 Å². The second-order valence-corrected chi connectivity index (χ2v) is 8.63. The lowest BCUT2D eigenvalue weighted by Crippen LogP contribution is -2.37. The molecule has 1 N–H and O–H groups in total. The van der Waals surface area contributed by atoms with Gasteiger partial charge in [0.25, 0.3) is 15.0 Å². The molecular weight excluding hydrogens is 384 g/mol. The maximum Gasteiger partial charge on any atom is 0.287 e. The van der Waals surface area contributed by atoms with Crippen molar-refractivity contribution < 1.29 is 17.6 Å². The second kappa shape index (κ2) is 5.57. The highest BCUT2D eigenvalue weighted by atomic mass is 79.9. The highest BCUT2D eigenvalue weighted by Crippen LogP contribution is 2.31. The van der Waals surface area contributed by atoms with Gasteiger partial charge in [0.2, 0.25) is 0 Å². The quantitative estimate of drug-likeness (QED) is 0.785. The van der Waals surface area contributed by atoms with Crippen LogP contribution in [0.4, 0.5) is 0 Å². The summed E-state index contributed by atoms with van der Waals surface area (Å²) in [7, 11) is 1.32. The average molecular weight is 398 g/mol. The molecule has 1 unspecified atom stereocenters. The van der Waals surface area contributed by atoms with Crippen LogP contribution in [0.1, 0.15) is 29.8 Å². The normalized spacial score (nSPS) is 23.4. The summed E-state index contributed by atoms with van der Waals surface area (Å²) in [6, 6.07) is 1.88. The van der Waals surface area contributed by atoms with E-state index in [1.165, 1.54) is 12.8 Å². The van der Waals surface area contributed by atoms with Crippen LogP contribution in [0.3, 0.4) is 0 Å². The topological polar surface area (TPSA) is 79.6 Å². The van der Waals surface area contributed by atoms with Gasteiger partial charge in [-0.15, -0.1) is 0 Å². The number of rotatable bonds is 4. The summed E-state index contributed by atoms with van der Waals surface area (Å²) in [5.41, 5.74) is 0. The Morgan fingerprint density at radius 3 is 2.71 bits per heavy atom. The van der Waals surface area contributed by atoms with Crippen molar-refractivity contribution in [2.45, 2.75) is 36.2 Å². The lowest BCUT2D eigenvalue weighted by atomic mass is 10.2. The van der Waals surface area contributed by atoms with E-state index in [0.29, 0.717) is 6.04 Å². The first-order valence-corrected chi connectivity index (χ1v) is 9.74. The number of furan rings is 1. The van der Waals surface area contributed by atoms with Crippen LogP contribution in [-0.4, -0.2) is 44.4 Å². The van der Waals surface area contributed by atoms with E-state index < -0.39 is 15.0 Å². The van der Waals surface area contributed by atoms with Crippen LogP contribution in [0.5, 0.6) is 0 Å². The fourth-order valence-corrected chi connectivity index (χ4v) is 4.60. The molecule has 1 saturated carbocycles. The van der Waals surface area contributed by atoms with Crippen LogP contribution >= 0.6 is 26.6 Å². The van der Waals surface area contributed by atoms with E-state index in [9.17, 15) is 13.2 Å². The highest BCUT2D eigenvalue weighted by Gasteiger charge is 2.35. The molecule has 0 bridgehead atoms. The fraction of sp³-hybridized carbons (Fsp3) is 0.583. The van der Waals surface area contributed by atoms with Crippen molar-refractivity contribution >= 4 is 41.6 Å². The molecule has 6 nitrogen and oxygen atoms in total. The molecule has 1 amide bonds. The zero-order valence-corrected chi connectivity index (χ0v) is 14.2. The molecular formula is C12H14BrClN2O4S. The number of hydrogen-bond donors (Lipinski definition) is 1. The summed E-state index contributed by atoms with van der Waals surface area (Å²) in [5, 5.41) is 2.87. The number of likely N-dealkylation sites (tertiary alicyclic amines) is 1. The molecule has 1 aliphatic carbocycles. The lowest BCUT2D eigenvalue weighted by molar-refractivity contribution is 0.0908. The van der Waals surface area contributed by atoms with Gasteiger partial charge in [0.1, 0.15) is 4.90 Å². The number of halogens is 2. The molecule has 1 aromatic rings. The van der Waals surface area contributed by atoms with Gasteiger partial charge in [0.15, 0.2) is 10.4 Å². The zero-order valence-electron chi connectivity index (χ0n) is 11.0. The Bertz CT molecular complexity index is 671. The number of carbonyl (C=O) groups is 1. The SMILES string of the molecule is O=C(NC1CCN(C2CC2)C1)c1cc(S(=O)(=O)Cl)c(Br)o1. The summed E-state index contributed by atoms with van der Waals surface area (Å²) in [6.07, 6.45) is 3.37. The van der Waals surface area contributed by atoms with Gasteiger partial charge in [-0.05, 0) is 35.2 Å². The van der Waals surface area contributed by atoms with Gasteiger partial charge in [-0.25, -0.2) is 8.42 Å². The van der Waals surface area contributed by atoms with E-state index in [1.807, 2.05) is 0 Å². The molecule has 1 atom stereocenters. The van der Waals surface area contributed by atoms with Crippen molar-refractivity contribution in [1.82, 2.24) is 10.2 Å². The average Bonchev–Trinajstić information content (AvgIpc) is 2.99. The second-order valence-electron chi connectivity index (χ2n) is 5.37. The van der Waals surface area contributed by atoms with Gasteiger partial charge in [-0.3, -0.25) is 9.69 Å². The highest BCUT2D eigenvalue weighted by molar-refractivity contribution is 9.10. The Balaban J connectivity index is 1.66. The Labute approximate surface area is 135 Å². The fourth-order valence-electron chi connectivity index (χ4n) is 2.56. The number of carbonyl (C=O) groups excluding carboxylic acids is 1. The molecule has 0 spiro atoms. The molecule has 0 aromatic carbocycles.